The number of hydrogen-bond acceptors (Lipinski definition) is 4. The maximum absolute atomic E-state index is 10.6. The van der Waals surface area contributed by atoms with Gasteiger partial charge in [0.1, 0.15) is 30.8 Å². The van der Waals surface area contributed by atoms with Crippen LogP contribution in [0.2, 0.25) is 0 Å². The Bertz CT molecular complexity index is 1460. The average molecular weight is 519 g/mol. The first-order chi connectivity index (χ1) is 19.1. The lowest BCUT2D eigenvalue weighted by Crippen LogP contribution is -2.26. The summed E-state index contributed by atoms with van der Waals surface area (Å²) in [5, 5.41) is 21.0. The minimum Gasteiger partial charge on any atom is -0.492 e. The molecule has 0 atom stereocenters. The van der Waals surface area contributed by atoms with Crippen LogP contribution in [-0.2, 0) is 6.61 Å². The van der Waals surface area contributed by atoms with E-state index in [1.54, 1.807) is 0 Å². The molecule has 0 saturated heterocycles. The van der Waals surface area contributed by atoms with Crippen LogP contribution < -0.4 is 14.8 Å². The number of nitriles is 1. The molecule has 6 heteroatoms. The second kappa shape index (κ2) is 13.5. The Morgan fingerprint density at radius 3 is 2.15 bits per heavy atom. The Balaban J connectivity index is 1.69. The zero-order chi connectivity index (χ0) is 27.5. The van der Waals surface area contributed by atoms with E-state index in [4.69, 9.17) is 14.6 Å². The quantitative estimate of drug-likeness (QED) is 0.162. The van der Waals surface area contributed by atoms with Crippen molar-refractivity contribution in [2.24, 2.45) is 0 Å². The predicted octanol–water partition coefficient (Wildman–Crippen LogP) is 7.15. The summed E-state index contributed by atoms with van der Waals surface area (Å²) in [6, 6.07) is 35.8. The van der Waals surface area contributed by atoms with Gasteiger partial charge in [0.05, 0.1) is 12.1 Å². The maximum atomic E-state index is 10.6. The summed E-state index contributed by atoms with van der Waals surface area (Å²) in [6.07, 6.45) is -0.294. The van der Waals surface area contributed by atoms with E-state index in [1.165, 1.54) is 0 Å². The Morgan fingerprint density at radius 1 is 0.846 bits per heavy atom. The van der Waals surface area contributed by atoms with Gasteiger partial charge >= 0.3 is 6.09 Å². The van der Waals surface area contributed by atoms with Gasteiger partial charge in [0.15, 0.2) is 0 Å². The molecule has 4 aromatic carbocycles. The SMILES string of the molecule is CCC(=C(c1ccc(OCCNC(=O)O)cc1)c1ccc(OCc2ccccc2)c(C#N)c1)c1ccccc1. The number of hydrogen-bond donors (Lipinski definition) is 2. The van der Waals surface area contributed by atoms with Crippen molar-refractivity contribution in [2.45, 2.75) is 20.0 Å². The number of carbonyl (C=O) groups is 1. The minimum absolute atomic E-state index is 0.200. The average Bonchev–Trinajstić information content (AvgIpc) is 2.98. The third kappa shape index (κ3) is 7.27. The molecule has 4 aromatic rings. The van der Waals surface area contributed by atoms with Gasteiger partial charge in [-0.3, -0.25) is 0 Å². The Morgan fingerprint density at radius 2 is 1.51 bits per heavy atom. The van der Waals surface area contributed by atoms with Crippen molar-refractivity contribution in [3.05, 3.63) is 131 Å². The first-order valence-electron chi connectivity index (χ1n) is 12.8. The lowest BCUT2D eigenvalue weighted by Gasteiger charge is -2.18. The highest BCUT2D eigenvalue weighted by atomic mass is 16.5. The fourth-order valence-corrected chi connectivity index (χ4v) is 4.36. The van der Waals surface area contributed by atoms with Gasteiger partial charge in [-0.15, -0.1) is 0 Å². The molecule has 0 heterocycles. The number of amides is 1. The van der Waals surface area contributed by atoms with Crippen molar-refractivity contribution in [3.63, 3.8) is 0 Å². The Hall–Kier alpha value is -5.02. The first-order valence-corrected chi connectivity index (χ1v) is 12.8. The third-order valence-electron chi connectivity index (χ3n) is 6.19. The van der Waals surface area contributed by atoms with Crippen LogP contribution in [-0.4, -0.2) is 24.4 Å². The fraction of sp³-hybridized carbons (Fsp3) is 0.152. The highest BCUT2D eigenvalue weighted by Gasteiger charge is 2.16. The summed E-state index contributed by atoms with van der Waals surface area (Å²) in [7, 11) is 0. The van der Waals surface area contributed by atoms with E-state index in [9.17, 15) is 10.1 Å². The van der Waals surface area contributed by atoms with Gasteiger partial charge in [0.2, 0.25) is 0 Å². The standard InChI is InChI=1S/C33H30N2O4/c1-2-30(25-11-7-4-8-12-25)32(26-13-16-29(17-14-26)38-20-19-35-33(36)37)27-15-18-31(28(21-27)22-34)39-23-24-9-5-3-6-10-24/h3-18,21,35H,2,19-20,23H2,1H3,(H,36,37). The molecule has 4 rings (SSSR count). The summed E-state index contributed by atoms with van der Waals surface area (Å²) in [4.78, 5) is 10.6. The summed E-state index contributed by atoms with van der Waals surface area (Å²) in [6.45, 7) is 2.93. The molecule has 1 amide bonds. The summed E-state index contributed by atoms with van der Waals surface area (Å²) >= 11 is 0. The van der Waals surface area contributed by atoms with Crippen molar-refractivity contribution in [2.75, 3.05) is 13.2 Å². The van der Waals surface area contributed by atoms with E-state index in [2.05, 4.69) is 30.4 Å². The predicted molar refractivity (Wildman–Crippen MR) is 153 cm³/mol. The van der Waals surface area contributed by atoms with Crippen molar-refractivity contribution in [3.8, 4) is 17.6 Å². The van der Waals surface area contributed by atoms with Crippen LogP contribution in [0.4, 0.5) is 4.79 Å². The lowest BCUT2D eigenvalue weighted by molar-refractivity contribution is 0.191. The van der Waals surface area contributed by atoms with E-state index >= 15 is 0 Å². The number of allylic oxidation sites excluding steroid dienone is 1. The molecule has 0 fully saturated rings. The van der Waals surface area contributed by atoms with Crippen molar-refractivity contribution >= 4 is 17.2 Å². The summed E-state index contributed by atoms with van der Waals surface area (Å²) in [5.41, 5.74) is 6.68. The number of ether oxygens (including phenoxy) is 2. The monoisotopic (exact) mass is 518 g/mol. The topological polar surface area (TPSA) is 91.6 Å². The normalized spacial score (nSPS) is 11.2. The molecular weight excluding hydrogens is 488 g/mol. The highest BCUT2D eigenvalue weighted by molar-refractivity contribution is 5.98. The molecule has 0 saturated carbocycles. The Kier molecular flexibility index (Phi) is 9.36. The number of nitrogens with one attached hydrogen (secondary N) is 1. The van der Waals surface area contributed by atoms with Crippen LogP contribution >= 0.6 is 0 Å². The van der Waals surface area contributed by atoms with Crippen LogP contribution in [0.15, 0.2) is 103 Å². The molecule has 0 bridgehead atoms. The zero-order valence-electron chi connectivity index (χ0n) is 21.8. The van der Waals surface area contributed by atoms with Crippen molar-refractivity contribution in [1.29, 1.82) is 5.26 Å². The van der Waals surface area contributed by atoms with Crippen molar-refractivity contribution < 1.29 is 19.4 Å². The van der Waals surface area contributed by atoms with E-state index in [1.807, 2.05) is 91.0 Å². The van der Waals surface area contributed by atoms with Gasteiger partial charge < -0.3 is 19.9 Å². The smallest absolute Gasteiger partial charge is 0.404 e. The minimum atomic E-state index is -1.08. The second-order valence-corrected chi connectivity index (χ2v) is 8.77. The fourth-order valence-electron chi connectivity index (χ4n) is 4.36. The van der Waals surface area contributed by atoms with Gasteiger partial charge in [-0.1, -0.05) is 85.8 Å². The van der Waals surface area contributed by atoms with Crippen LogP contribution in [0.3, 0.4) is 0 Å². The number of carboxylic acid groups (broad SMARTS) is 1. The third-order valence-corrected chi connectivity index (χ3v) is 6.19. The molecule has 0 radical (unpaired) electrons. The molecule has 0 aliphatic carbocycles. The zero-order valence-corrected chi connectivity index (χ0v) is 21.8. The summed E-state index contributed by atoms with van der Waals surface area (Å²) < 4.78 is 11.7. The molecule has 0 aliphatic rings. The molecular formula is C33H30N2O4. The Labute approximate surface area is 228 Å². The molecule has 0 unspecified atom stereocenters. The first kappa shape index (κ1) is 27.0. The van der Waals surface area contributed by atoms with Crippen LogP contribution in [0.25, 0.3) is 11.1 Å². The highest BCUT2D eigenvalue weighted by Crippen LogP contribution is 2.36. The number of benzene rings is 4. The van der Waals surface area contributed by atoms with Gasteiger partial charge in [-0.05, 0) is 64.1 Å². The molecule has 0 aromatic heterocycles. The largest absolute Gasteiger partial charge is 0.492 e. The molecule has 6 nitrogen and oxygen atoms in total. The van der Waals surface area contributed by atoms with Crippen LogP contribution in [0.1, 0.15) is 41.2 Å². The van der Waals surface area contributed by atoms with E-state index in [0.717, 1.165) is 39.8 Å². The molecule has 196 valence electrons. The van der Waals surface area contributed by atoms with Gasteiger partial charge in [0, 0.05) is 0 Å². The molecule has 2 N–H and O–H groups in total. The van der Waals surface area contributed by atoms with Crippen LogP contribution in [0.5, 0.6) is 11.5 Å². The molecule has 0 aliphatic heterocycles. The molecule has 0 spiro atoms. The van der Waals surface area contributed by atoms with E-state index < -0.39 is 6.09 Å². The van der Waals surface area contributed by atoms with Crippen LogP contribution in [0, 0.1) is 11.3 Å². The second-order valence-electron chi connectivity index (χ2n) is 8.77. The maximum Gasteiger partial charge on any atom is 0.404 e. The van der Waals surface area contributed by atoms with Crippen molar-refractivity contribution in [1.82, 2.24) is 5.32 Å². The lowest BCUT2D eigenvalue weighted by atomic mass is 9.87. The van der Waals surface area contributed by atoms with Gasteiger partial charge in [-0.25, -0.2) is 4.79 Å². The van der Waals surface area contributed by atoms with E-state index in [0.29, 0.717) is 23.7 Å². The molecule has 39 heavy (non-hydrogen) atoms. The summed E-state index contributed by atoms with van der Waals surface area (Å²) in [5.74, 6) is 1.19. The number of rotatable bonds is 11. The number of nitrogens with zero attached hydrogens (tertiary/aromatic N) is 1. The van der Waals surface area contributed by atoms with Gasteiger partial charge in [-0.2, -0.15) is 5.26 Å². The van der Waals surface area contributed by atoms with E-state index in [-0.39, 0.29) is 13.2 Å². The van der Waals surface area contributed by atoms with Gasteiger partial charge in [0.25, 0.3) is 0 Å².